The average Bonchev–Trinajstić information content (AvgIpc) is 3.23. The summed E-state index contributed by atoms with van der Waals surface area (Å²) in [6, 6.07) is 2.32. The van der Waals surface area contributed by atoms with Gasteiger partial charge in [-0.1, -0.05) is 6.08 Å². The van der Waals surface area contributed by atoms with Crippen LogP contribution in [0.15, 0.2) is 42.6 Å². The Morgan fingerprint density at radius 2 is 2.36 bits per heavy atom. The molecule has 8 nitrogen and oxygen atoms in total. The summed E-state index contributed by atoms with van der Waals surface area (Å²) in [5.41, 5.74) is 0.582. The van der Waals surface area contributed by atoms with Crippen LogP contribution in [0.4, 0.5) is 5.82 Å². The molecule has 2 aromatic heterocycles. The maximum Gasteiger partial charge on any atom is 0.291 e. The summed E-state index contributed by atoms with van der Waals surface area (Å²) in [6.07, 6.45) is 8.12. The van der Waals surface area contributed by atoms with Crippen LogP contribution in [-0.2, 0) is 4.74 Å². The van der Waals surface area contributed by atoms with Crippen LogP contribution >= 0.6 is 0 Å². The van der Waals surface area contributed by atoms with E-state index in [1.165, 1.54) is 6.33 Å². The van der Waals surface area contributed by atoms with Gasteiger partial charge in [-0.2, -0.15) is 0 Å². The maximum absolute atomic E-state index is 6.17. The molecular formula is C17H21N7O. The molecule has 8 heteroatoms. The number of hydrogen-bond donors (Lipinski definition) is 2. The molecule has 130 valence electrons. The zero-order chi connectivity index (χ0) is 17.3. The highest BCUT2D eigenvalue weighted by Gasteiger charge is 2.45. The number of amidine groups is 1. The van der Waals surface area contributed by atoms with Gasteiger partial charge in [0.15, 0.2) is 5.60 Å². The second-order valence-corrected chi connectivity index (χ2v) is 6.40. The minimum Gasteiger partial charge on any atom is -0.454 e. The van der Waals surface area contributed by atoms with E-state index >= 15 is 0 Å². The number of imidazole rings is 1. The average molecular weight is 339 g/mol. The Bertz CT molecular complexity index is 815. The van der Waals surface area contributed by atoms with Crippen LogP contribution in [0.2, 0.25) is 0 Å². The van der Waals surface area contributed by atoms with Crippen LogP contribution in [-0.4, -0.2) is 50.8 Å². The minimum absolute atomic E-state index is 0.284. The minimum atomic E-state index is -0.348. The van der Waals surface area contributed by atoms with Crippen LogP contribution in [0.25, 0.3) is 5.82 Å². The van der Waals surface area contributed by atoms with Gasteiger partial charge in [0.1, 0.15) is 24.3 Å². The molecule has 1 fully saturated rings. The second-order valence-electron chi connectivity index (χ2n) is 6.40. The number of aliphatic imine (C=N–C) groups is 1. The number of piperidine rings is 1. The molecule has 0 aromatic carbocycles. The summed E-state index contributed by atoms with van der Waals surface area (Å²) in [5, 5.41) is 6.54. The molecule has 2 N–H and O–H groups in total. The number of hydrogen-bond acceptors (Lipinski definition) is 7. The van der Waals surface area contributed by atoms with Gasteiger partial charge in [-0.3, -0.25) is 9.88 Å². The van der Waals surface area contributed by atoms with Crippen molar-refractivity contribution in [3.8, 4) is 5.82 Å². The van der Waals surface area contributed by atoms with E-state index in [-0.39, 0.29) is 11.5 Å². The highest BCUT2D eigenvalue weighted by Crippen LogP contribution is 2.33. The van der Waals surface area contributed by atoms with Crippen molar-refractivity contribution in [2.75, 3.05) is 25.0 Å². The molecule has 0 radical (unpaired) electrons. The van der Waals surface area contributed by atoms with E-state index in [1.54, 1.807) is 6.33 Å². The molecule has 1 spiro atoms. The van der Waals surface area contributed by atoms with Crippen molar-refractivity contribution in [3.63, 3.8) is 0 Å². The third-order valence-corrected chi connectivity index (χ3v) is 4.67. The monoisotopic (exact) mass is 339 g/mol. The van der Waals surface area contributed by atoms with Crippen molar-refractivity contribution >= 4 is 11.8 Å². The number of aromatic nitrogens is 4. The molecule has 25 heavy (non-hydrogen) atoms. The number of nitrogens with zero attached hydrogens (tertiary/aromatic N) is 5. The summed E-state index contributed by atoms with van der Waals surface area (Å²) in [4.78, 5) is 17.3. The van der Waals surface area contributed by atoms with E-state index in [0.29, 0.717) is 18.4 Å². The Labute approximate surface area is 146 Å². The third-order valence-electron chi connectivity index (χ3n) is 4.67. The molecule has 4 rings (SSSR count). The van der Waals surface area contributed by atoms with Gasteiger partial charge in [0.2, 0.25) is 0 Å². The van der Waals surface area contributed by atoms with Crippen molar-refractivity contribution in [1.29, 1.82) is 0 Å². The van der Waals surface area contributed by atoms with E-state index in [2.05, 4.69) is 37.2 Å². The molecule has 2 atom stereocenters. The normalized spacial score (nSPS) is 25.5. The van der Waals surface area contributed by atoms with Gasteiger partial charge >= 0.3 is 0 Å². The fourth-order valence-corrected chi connectivity index (χ4v) is 3.31. The molecular weight excluding hydrogens is 318 g/mol. The summed E-state index contributed by atoms with van der Waals surface area (Å²) >= 11 is 0. The fourth-order valence-electron chi connectivity index (χ4n) is 3.31. The lowest BCUT2D eigenvalue weighted by Gasteiger charge is -2.38. The van der Waals surface area contributed by atoms with Gasteiger partial charge in [0, 0.05) is 24.7 Å². The molecule has 0 amide bonds. The van der Waals surface area contributed by atoms with Gasteiger partial charge in [0.25, 0.3) is 6.02 Å². The quantitative estimate of drug-likeness (QED) is 0.820. The maximum atomic E-state index is 6.17. The van der Waals surface area contributed by atoms with E-state index in [1.807, 2.05) is 29.8 Å². The number of nitrogens with one attached hydrogen (secondary N) is 2. The number of aryl methyl sites for hydroxylation is 1. The Hall–Kier alpha value is -2.74. The molecule has 0 bridgehead atoms. The zero-order valence-electron chi connectivity index (χ0n) is 14.1. The highest BCUT2D eigenvalue weighted by molar-refractivity contribution is 5.89. The van der Waals surface area contributed by atoms with Crippen LogP contribution in [0, 0.1) is 12.8 Å². The first-order valence-corrected chi connectivity index (χ1v) is 8.35. The topological polar surface area (TPSA) is 89.2 Å². The van der Waals surface area contributed by atoms with Crippen molar-refractivity contribution in [3.05, 3.63) is 43.3 Å². The van der Waals surface area contributed by atoms with E-state index in [9.17, 15) is 0 Å². The predicted molar refractivity (Wildman–Crippen MR) is 94.8 cm³/mol. The largest absolute Gasteiger partial charge is 0.454 e. The SMILES string of the molecule is C=C[C@H]1CCNC[C@@]12CN=C(Nc1cc(-n3cnc(C)c3)ncn1)O2. The van der Waals surface area contributed by atoms with E-state index < -0.39 is 0 Å². The smallest absolute Gasteiger partial charge is 0.291 e. The molecule has 0 aliphatic carbocycles. The predicted octanol–water partition coefficient (Wildman–Crippen LogP) is 1.30. The molecule has 0 saturated carbocycles. The van der Waals surface area contributed by atoms with Gasteiger partial charge in [0.05, 0.1) is 12.2 Å². The first-order valence-electron chi connectivity index (χ1n) is 8.35. The van der Waals surface area contributed by atoms with Gasteiger partial charge < -0.3 is 10.1 Å². The first-order chi connectivity index (χ1) is 12.2. The summed E-state index contributed by atoms with van der Waals surface area (Å²) in [7, 11) is 0. The Morgan fingerprint density at radius 1 is 1.44 bits per heavy atom. The van der Waals surface area contributed by atoms with Crippen LogP contribution in [0.1, 0.15) is 12.1 Å². The van der Waals surface area contributed by atoms with E-state index in [4.69, 9.17) is 4.74 Å². The summed E-state index contributed by atoms with van der Waals surface area (Å²) in [6.45, 7) is 8.24. The lowest BCUT2D eigenvalue weighted by Crippen LogP contribution is -2.54. The molecule has 2 aliphatic heterocycles. The third kappa shape index (κ3) is 3.00. The van der Waals surface area contributed by atoms with Crippen LogP contribution in [0.3, 0.4) is 0 Å². The number of anilines is 1. The van der Waals surface area contributed by atoms with Crippen molar-refractivity contribution < 1.29 is 4.74 Å². The lowest BCUT2D eigenvalue weighted by atomic mass is 9.82. The Morgan fingerprint density at radius 3 is 3.16 bits per heavy atom. The first kappa shape index (κ1) is 15.8. The van der Waals surface area contributed by atoms with Gasteiger partial charge in [-0.05, 0) is 19.9 Å². The molecule has 2 aliphatic rings. The zero-order valence-corrected chi connectivity index (χ0v) is 14.1. The fraction of sp³-hybridized carbons (Fsp3) is 0.412. The molecule has 0 unspecified atom stereocenters. The molecule has 1 saturated heterocycles. The van der Waals surface area contributed by atoms with E-state index in [0.717, 1.165) is 31.0 Å². The number of ether oxygens (including phenoxy) is 1. The highest BCUT2D eigenvalue weighted by atomic mass is 16.5. The lowest BCUT2D eigenvalue weighted by molar-refractivity contribution is 0.0234. The number of rotatable bonds is 3. The van der Waals surface area contributed by atoms with Crippen molar-refractivity contribution in [1.82, 2.24) is 24.8 Å². The molecule has 4 heterocycles. The Balaban J connectivity index is 1.49. The van der Waals surface area contributed by atoms with Gasteiger partial charge in [-0.15, -0.1) is 6.58 Å². The Kier molecular flexibility index (Phi) is 3.96. The summed E-state index contributed by atoms with van der Waals surface area (Å²) < 4.78 is 8.02. The summed E-state index contributed by atoms with van der Waals surface area (Å²) in [5.74, 6) is 1.65. The van der Waals surface area contributed by atoms with Gasteiger partial charge in [-0.25, -0.2) is 19.9 Å². The van der Waals surface area contributed by atoms with Crippen molar-refractivity contribution in [2.24, 2.45) is 10.9 Å². The molecule has 2 aromatic rings. The van der Waals surface area contributed by atoms with Crippen molar-refractivity contribution in [2.45, 2.75) is 18.9 Å². The standard InChI is InChI=1S/C17H21N7O/c1-3-13-4-5-18-8-17(13)9-19-16(25-17)23-14-6-15(21-10-20-14)24-7-12(2)22-11-24/h3,6-7,10-11,13,18H,1,4-5,8-9H2,2H3,(H,19,20,21,23)/t13-,17+/m0/s1. The van der Waals surface area contributed by atoms with Crippen LogP contribution < -0.4 is 10.6 Å². The second kappa shape index (κ2) is 6.29. The van der Waals surface area contributed by atoms with Crippen LogP contribution in [0.5, 0.6) is 0 Å².